The standard InChI is InChI=1S/C19H34N8O/c1-15(17-21-18(20)23-19(22-17)24(2)3)26-12-10-25(11-13-26)14-16(28)27-8-6-4-5-7-9-27/h15H,4-14H2,1-3H3,(H2,20,21,22,23). The summed E-state index contributed by atoms with van der Waals surface area (Å²) in [5, 5.41) is 0. The SMILES string of the molecule is CC(c1nc(N)nc(N(C)C)n1)N1CCN(CC(=O)N2CCCCCC2)CC1. The van der Waals surface area contributed by atoms with Gasteiger partial charge in [-0.1, -0.05) is 12.8 Å². The summed E-state index contributed by atoms with van der Waals surface area (Å²) >= 11 is 0. The minimum Gasteiger partial charge on any atom is -0.368 e. The first-order valence-corrected chi connectivity index (χ1v) is 10.4. The van der Waals surface area contributed by atoms with Gasteiger partial charge < -0.3 is 15.5 Å². The van der Waals surface area contributed by atoms with Crippen molar-refractivity contribution in [2.24, 2.45) is 0 Å². The second-order valence-electron chi connectivity index (χ2n) is 8.03. The number of carbonyl (C=O) groups is 1. The Bertz CT molecular complexity index is 651. The van der Waals surface area contributed by atoms with Crippen LogP contribution >= 0.6 is 0 Å². The van der Waals surface area contributed by atoms with Crippen molar-refractivity contribution in [1.82, 2.24) is 29.7 Å². The van der Waals surface area contributed by atoms with E-state index in [2.05, 4.69) is 36.6 Å². The van der Waals surface area contributed by atoms with E-state index < -0.39 is 0 Å². The van der Waals surface area contributed by atoms with Crippen molar-refractivity contribution < 1.29 is 4.79 Å². The molecule has 1 aromatic rings. The molecule has 9 nitrogen and oxygen atoms in total. The number of likely N-dealkylation sites (tertiary alicyclic amines) is 1. The third kappa shape index (κ3) is 5.29. The first kappa shape index (κ1) is 20.7. The molecule has 0 saturated carbocycles. The molecule has 156 valence electrons. The molecule has 0 spiro atoms. The van der Waals surface area contributed by atoms with Crippen LogP contribution in [0.1, 0.15) is 44.5 Å². The molecular formula is C19H34N8O. The molecule has 0 aliphatic carbocycles. The lowest BCUT2D eigenvalue weighted by Gasteiger charge is -2.37. The number of hydrogen-bond donors (Lipinski definition) is 1. The summed E-state index contributed by atoms with van der Waals surface area (Å²) in [7, 11) is 3.78. The lowest BCUT2D eigenvalue weighted by atomic mass is 10.2. The molecule has 2 fully saturated rings. The highest BCUT2D eigenvalue weighted by Crippen LogP contribution is 2.21. The van der Waals surface area contributed by atoms with E-state index in [-0.39, 0.29) is 17.9 Å². The second kappa shape index (κ2) is 9.47. The van der Waals surface area contributed by atoms with Crippen LogP contribution in [0.3, 0.4) is 0 Å². The van der Waals surface area contributed by atoms with E-state index >= 15 is 0 Å². The summed E-state index contributed by atoms with van der Waals surface area (Å²) in [6.07, 6.45) is 4.77. The third-order valence-corrected chi connectivity index (χ3v) is 5.70. The predicted octanol–water partition coefficient (Wildman–Crippen LogP) is 0.601. The van der Waals surface area contributed by atoms with Crippen LogP contribution in [0.2, 0.25) is 0 Å². The molecule has 3 heterocycles. The zero-order chi connectivity index (χ0) is 20.1. The van der Waals surface area contributed by atoms with Gasteiger partial charge in [-0.3, -0.25) is 14.6 Å². The highest BCUT2D eigenvalue weighted by molar-refractivity contribution is 5.78. The zero-order valence-corrected chi connectivity index (χ0v) is 17.5. The van der Waals surface area contributed by atoms with Gasteiger partial charge in [-0.05, 0) is 19.8 Å². The van der Waals surface area contributed by atoms with Gasteiger partial charge >= 0.3 is 0 Å². The maximum Gasteiger partial charge on any atom is 0.236 e. The van der Waals surface area contributed by atoms with Crippen molar-refractivity contribution in [3.63, 3.8) is 0 Å². The van der Waals surface area contributed by atoms with Crippen LogP contribution in [0.25, 0.3) is 0 Å². The van der Waals surface area contributed by atoms with Gasteiger partial charge in [0.25, 0.3) is 0 Å². The fraction of sp³-hybridized carbons (Fsp3) is 0.789. The number of anilines is 2. The number of nitrogen functional groups attached to an aromatic ring is 1. The molecule has 1 aromatic heterocycles. The topological polar surface area (TPSA) is 94.7 Å². The maximum atomic E-state index is 12.6. The minimum absolute atomic E-state index is 0.0625. The monoisotopic (exact) mass is 390 g/mol. The van der Waals surface area contributed by atoms with E-state index in [0.717, 1.165) is 52.1 Å². The number of carbonyl (C=O) groups excluding carboxylic acids is 1. The minimum atomic E-state index is 0.0625. The maximum absolute atomic E-state index is 12.6. The molecule has 1 amide bonds. The van der Waals surface area contributed by atoms with Crippen molar-refractivity contribution in [3.05, 3.63) is 5.82 Å². The van der Waals surface area contributed by atoms with Crippen LogP contribution in [0.5, 0.6) is 0 Å². The van der Waals surface area contributed by atoms with Gasteiger partial charge in [-0.15, -0.1) is 0 Å². The Kier molecular flexibility index (Phi) is 7.01. The highest BCUT2D eigenvalue weighted by Gasteiger charge is 2.26. The highest BCUT2D eigenvalue weighted by atomic mass is 16.2. The van der Waals surface area contributed by atoms with Crippen molar-refractivity contribution >= 4 is 17.8 Å². The molecule has 1 atom stereocenters. The summed E-state index contributed by atoms with van der Waals surface area (Å²) in [6, 6.07) is 0.0625. The molecule has 2 aliphatic heterocycles. The number of hydrogen-bond acceptors (Lipinski definition) is 8. The Morgan fingerprint density at radius 2 is 1.64 bits per heavy atom. The van der Waals surface area contributed by atoms with Crippen molar-refractivity contribution in [2.45, 2.75) is 38.6 Å². The number of amides is 1. The van der Waals surface area contributed by atoms with Gasteiger partial charge in [-0.25, -0.2) is 0 Å². The van der Waals surface area contributed by atoms with Gasteiger partial charge in [0.15, 0.2) is 5.82 Å². The van der Waals surface area contributed by atoms with Crippen LogP contribution in [-0.2, 0) is 4.79 Å². The van der Waals surface area contributed by atoms with Crippen LogP contribution in [0.4, 0.5) is 11.9 Å². The fourth-order valence-corrected chi connectivity index (χ4v) is 3.87. The Morgan fingerprint density at radius 3 is 2.25 bits per heavy atom. The first-order valence-electron chi connectivity index (χ1n) is 10.4. The molecular weight excluding hydrogens is 356 g/mol. The van der Waals surface area contributed by atoms with Gasteiger partial charge in [0.05, 0.1) is 12.6 Å². The first-order chi connectivity index (χ1) is 13.4. The Morgan fingerprint density at radius 1 is 1.00 bits per heavy atom. The number of rotatable bonds is 5. The smallest absolute Gasteiger partial charge is 0.236 e. The molecule has 2 N–H and O–H groups in total. The largest absolute Gasteiger partial charge is 0.368 e. The number of nitrogens with zero attached hydrogens (tertiary/aromatic N) is 7. The fourth-order valence-electron chi connectivity index (χ4n) is 3.87. The van der Waals surface area contributed by atoms with Gasteiger partial charge in [0, 0.05) is 53.4 Å². The average molecular weight is 391 g/mol. The molecule has 28 heavy (non-hydrogen) atoms. The van der Waals surface area contributed by atoms with Crippen molar-refractivity contribution in [3.8, 4) is 0 Å². The molecule has 0 aromatic carbocycles. The van der Waals surface area contributed by atoms with E-state index in [1.54, 1.807) is 0 Å². The molecule has 1 unspecified atom stereocenters. The number of aromatic nitrogens is 3. The summed E-state index contributed by atoms with van der Waals surface area (Å²) < 4.78 is 0. The van der Waals surface area contributed by atoms with Crippen LogP contribution < -0.4 is 10.6 Å². The molecule has 3 rings (SSSR count). The van der Waals surface area contributed by atoms with E-state index in [9.17, 15) is 4.79 Å². The Balaban J connectivity index is 1.52. The van der Waals surface area contributed by atoms with Crippen LogP contribution in [0, 0.1) is 0 Å². The molecule has 0 radical (unpaired) electrons. The van der Waals surface area contributed by atoms with Crippen molar-refractivity contribution in [1.29, 1.82) is 0 Å². The predicted molar refractivity (Wildman–Crippen MR) is 110 cm³/mol. The summed E-state index contributed by atoms with van der Waals surface area (Å²) in [4.78, 5) is 34.2. The second-order valence-corrected chi connectivity index (χ2v) is 8.03. The summed E-state index contributed by atoms with van der Waals surface area (Å²) in [6.45, 7) is 8.01. The van der Waals surface area contributed by atoms with E-state index in [0.29, 0.717) is 18.3 Å². The zero-order valence-electron chi connectivity index (χ0n) is 17.5. The average Bonchev–Trinajstić information content (AvgIpc) is 2.97. The Hall–Kier alpha value is -2.00. The lowest BCUT2D eigenvalue weighted by molar-refractivity contribution is -0.132. The lowest BCUT2D eigenvalue weighted by Crippen LogP contribution is -2.50. The summed E-state index contributed by atoms with van der Waals surface area (Å²) in [5.41, 5.74) is 5.87. The molecule has 2 aliphatic rings. The molecule has 0 bridgehead atoms. The van der Waals surface area contributed by atoms with Crippen LogP contribution in [0.15, 0.2) is 0 Å². The van der Waals surface area contributed by atoms with E-state index in [4.69, 9.17) is 5.73 Å². The van der Waals surface area contributed by atoms with Gasteiger partial charge in [0.1, 0.15) is 0 Å². The summed E-state index contributed by atoms with van der Waals surface area (Å²) in [5.74, 6) is 1.81. The van der Waals surface area contributed by atoms with Gasteiger partial charge in [0.2, 0.25) is 17.8 Å². The normalized spacial score (nSPS) is 20.6. The van der Waals surface area contributed by atoms with E-state index in [1.807, 2.05) is 19.0 Å². The quantitative estimate of drug-likeness (QED) is 0.781. The Labute approximate surface area is 167 Å². The molecule has 2 saturated heterocycles. The van der Waals surface area contributed by atoms with Crippen LogP contribution in [-0.4, -0.2) is 95.5 Å². The van der Waals surface area contributed by atoms with Gasteiger partial charge in [-0.2, -0.15) is 15.0 Å². The molecule has 9 heteroatoms. The number of piperazine rings is 1. The van der Waals surface area contributed by atoms with Crippen molar-refractivity contribution in [2.75, 3.05) is 70.5 Å². The number of nitrogens with two attached hydrogens (primary N) is 1. The van der Waals surface area contributed by atoms with E-state index in [1.165, 1.54) is 12.8 Å². The third-order valence-electron chi connectivity index (χ3n) is 5.70.